The number of sulfone groups is 1. The summed E-state index contributed by atoms with van der Waals surface area (Å²) >= 11 is 0. The molecule has 6 nitrogen and oxygen atoms in total. The highest BCUT2D eigenvalue weighted by molar-refractivity contribution is 7.93. The molecule has 0 saturated carbocycles. The van der Waals surface area contributed by atoms with Gasteiger partial charge in [0.1, 0.15) is 6.61 Å². The van der Waals surface area contributed by atoms with Crippen LogP contribution in [0.25, 0.3) is 0 Å². The highest BCUT2D eigenvalue weighted by atomic mass is 32.2. The second-order valence-electron chi connectivity index (χ2n) is 4.36. The Bertz CT molecular complexity index is 632. The Hall–Kier alpha value is -2.15. The molecule has 1 aromatic rings. The number of carbonyl (C=O) groups is 2. The predicted octanol–water partition coefficient (Wildman–Crippen LogP) is 1.39. The number of benzene rings is 1. The first-order valence-electron chi connectivity index (χ1n) is 6.00. The summed E-state index contributed by atoms with van der Waals surface area (Å²) in [5, 5.41) is 0. The van der Waals surface area contributed by atoms with Crippen LogP contribution in [-0.4, -0.2) is 32.4 Å². The summed E-state index contributed by atoms with van der Waals surface area (Å²) in [6, 6.07) is 5.81. The largest absolute Gasteiger partial charge is 0.458 e. The van der Waals surface area contributed by atoms with Crippen LogP contribution in [0.4, 0.5) is 0 Å². The molecule has 0 aliphatic rings. The summed E-state index contributed by atoms with van der Waals surface area (Å²) in [6.45, 7) is 5.82. The Balaban J connectivity index is 3.30. The summed E-state index contributed by atoms with van der Waals surface area (Å²) in [7, 11) is -4.27. The molecule has 0 heterocycles. The lowest BCUT2D eigenvalue weighted by atomic mass is 10.2. The number of rotatable bonds is 7. The van der Waals surface area contributed by atoms with E-state index in [9.17, 15) is 18.0 Å². The highest BCUT2D eigenvalue weighted by Gasteiger charge is 2.51. The molecule has 0 radical (unpaired) electrons. The van der Waals surface area contributed by atoms with Crippen LogP contribution in [0.3, 0.4) is 0 Å². The van der Waals surface area contributed by atoms with Gasteiger partial charge in [-0.05, 0) is 19.1 Å². The molecular formula is C14H16O6S. The molecule has 1 aromatic carbocycles. The highest BCUT2D eigenvalue weighted by Crippen LogP contribution is 2.28. The standard InChI is InChI=1S/C14H16O6S/c1-4-9-19-13(16)14(3,20-10-15)21(17,18)12-7-5-11(2)6-8-12/h4-8,10H,1,9H2,2-3H3. The fourth-order valence-corrected chi connectivity index (χ4v) is 2.91. The Morgan fingerprint density at radius 2 is 1.90 bits per heavy atom. The van der Waals surface area contributed by atoms with Crippen molar-refractivity contribution in [1.29, 1.82) is 0 Å². The maximum atomic E-state index is 12.5. The van der Waals surface area contributed by atoms with E-state index < -0.39 is 20.7 Å². The predicted molar refractivity (Wildman–Crippen MR) is 75.1 cm³/mol. The molecule has 0 amide bonds. The van der Waals surface area contributed by atoms with Crippen molar-refractivity contribution in [3.63, 3.8) is 0 Å². The van der Waals surface area contributed by atoms with E-state index in [0.717, 1.165) is 12.5 Å². The van der Waals surface area contributed by atoms with Gasteiger partial charge in [0.2, 0.25) is 9.84 Å². The van der Waals surface area contributed by atoms with Crippen molar-refractivity contribution in [2.45, 2.75) is 23.7 Å². The Morgan fingerprint density at radius 1 is 1.33 bits per heavy atom. The van der Waals surface area contributed by atoms with Crippen LogP contribution in [0.15, 0.2) is 41.8 Å². The molecule has 0 spiro atoms. The van der Waals surface area contributed by atoms with Gasteiger partial charge in [0.25, 0.3) is 6.47 Å². The van der Waals surface area contributed by atoms with Gasteiger partial charge in [-0.3, -0.25) is 4.79 Å². The normalized spacial score (nSPS) is 13.8. The second-order valence-corrected chi connectivity index (χ2v) is 6.62. The van der Waals surface area contributed by atoms with Gasteiger partial charge in [-0.15, -0.1) is 0 Å². The summed E-state index contributed by atoms with van der Waals surface area (Å²) in [4.78, 5) is 20.0. The molecule has 114 valence electrons. The number of esters is 1. The molecule has 0 aromatic heterocycles. The quantitative estimate of drug-likeness (QED) is 0.429. The topological polar surface area (TPSA) is 86.7 Å². The second kappa shape index (κ2) is 6.53. The summed E-state index contributed by atoms with van der Waals surface area (Å²) in [5.41, 5.74) is 0.848. The number of ether oxygens (including phenoxy) is 2. The maximum absolute atomic E-state index is 12.5. The van der Waals surface area contributed by atoms with Crippen molar-refractivity contribution in [3.05, 3.63) is 42.5 Å². The molecule has 1 atom stereocenters. The minimum atomic E-state index is -4.27. The molecule has 0 fully saturated rings. The molecule has 0 aliphatic carbocycles. The van der Waals surface area contributed by atoms with Crippen LogP contribution in [-0.2, 0) is 28.9 Å². The van der Waals surface area contributed by atoms with Crippen LogP contribution >= 0.6 is 0 Å². The number of carbonyl (C=O) groups excluding carboxylic acids is 2. The minimum absolute atomic E-state index is 0.0963. The van der Waals surface area contributed by atoms with E-state index in [1.807, 2.05) is 0 Å². The lowest BCUT2D eigenvalue weighted by Gasteiger charge is -2.25. The van der Waals surface area contributed by atoms with Gasteiger partial charge < -0.3 is 9.47 Å². The number of hydrogen-bond donors (Lipinski definition) is 0. The van der Waals surface area contributed by atoms with Gasteiger partial charge in [0.05, 0.1) is 4.90 Å². The minimum Gasteiger partial charge on any atom is -0.458 e. The Morgan fingerprint density at radius 3 is 2.38 bits per heavy atom. The van der Waals surface area contributed by atoms with E-state index in [1.54, 1.807) is 19.1 Å². The van der Waals surface area contributed by atoms with Crippen molar-refractivity contribution >= 4 is 22.3 Å². The van der Waals surface area contributed by atoms with E-state index >= 15 is 0 Å². The van der Waals surface area contributed by atoms with Crippen molar-refractivity contribution < 1.29 is 27.5 Å². The molecule has 7 heteroatoms. The average molecular weight is 312 g/mol. The third-order valence-corrected chi connectivity index (χ3v) is 5.00. The molecule has 0 bridgehead atoms. The van der Waals surface area contributed by atoms with Crippen molar-refractivity contribution in [1.82, 2.24) is 0 Å². The van der Waals surface area contributed by atoms with Crippen LogP contribution in [0.2, 0.25) is 0 Å². The zero-order chi connectivity index (χ0) is 16.1. The van der Waals surface area contributed by atoms with Crippen LogP contribution < -0.4 is 0 Å². The zero-order valence-electron chi connectivity index (χ0n) is 11.7. The van der Waals surface area contributed by atoms with Crippen LogP contribution in [0, 0.1) is 6.92 Å². The van der Waals surface area contributed by atoms with Crippen molar-refractivity contribution in [3.8, 4) is 0 Å². The summed E-state index contributed by atoms with van der Waals surface area (Å²) < 4.78 is 34.4. The zero-order valence-corrected chi connectivity index (χ0v) is 12.6. The van der Waals surface area contributed by atoms with Gasteiger partial charge in [0.15, 0.2) is 0 Å². The smallest absolute Gasteiger partial charge is 0.367 e. The molecular weight excluding hydrogens is 296 g/mol. The third-order valence-electron chi connectivity index (χ3n) is 2.82. The Labute approximate surface area is 123 Å². The lowest BCUT2D eigenvalue weighted by Crippen LogP contribution is -2.47. The Kier molecular flexibility index (Phi) is 5.26. The van der Waals surface area contributed by atoms with E-state index in [-0.39, 0.29) is 18.0 Å². The molecule has 0 aliphatic heterocycles. The van der Waals surface area contributed by atoms with E-state index in [0.29, 0.717) is 0 Å². The van der Waals surface area contributed by atoms with Crippen molar-refractivity contribution in [2.75, 3.05) is 6.61 Å². The van der Waals surface area contributed by atoms with Gasteiger partial charge in [-0.25, -0.2) is 13.2 Å². The molecule has 1 unspecified atom stereocenters. The molecule has 0 N–H and O–H groups in total. The summed E-state index contributed by atoms with van der Waals surface area (Å²) in [5.74, 6) is -1.19. The first-order chi connectivity index (χ1) is 9.79. The summed E-state index contributed by atoms with van der Waals surface area (Å²) in [6.07, 6.45) is 1.28. The van der Waals surface area contributed by atoms with Crippen LogP contribution in [0.1, 0.15) is 12.5 Å². The maximum Gasteiger partial charge on any atom is 0.367 e. The molecule has 0 saturated heterocycles. The SMILES string of the molecule is C=CCOC(=O)C(C)(OC=O)S(=O)(=O)c1ccc(C)cc1. The molecule has 21 heavy (non-hydrogen) atoms. The average Bonchev–Trinajstić information content (AvgIpc) is 2.45. The van der Waals surface area contributed by atoms with Crippen molar-refractivity contribution in [2.24, 2.45) is 0 Å². The van der Waals surface area contributed by atoms with Gasteiger partial charge in [-0.1, -0.05) is 30.4 Å². The first-order valence-corrected chi connectivity index (χ1v) is 7.49. The monoisotopic (exact) mass is 312 g/mol. The van der Waals surface area contributed by atoms with Gasteiger partial charge >= 0.3 is 10.9 Å². The fraction of sp³-hybridized carbons (Fsp3) is 0.286. The van der Waals surface area contributed by atoms with E-state index in [1.165, 1.54) is 18.2 Å². The number of aryl methyl sites for hydroxylation is 1. The number of hydrogen-bond acceptors (Lipinski definition) is 6. The van der Waals surface area contributed by atoms with Gasteiger partial charge in [0, 0.05) is 6.92 Å². The third kappa shape index (κ3) is 3.30. The molecule has 1 rings (SSSR count). The van der Waals surface area contributed by atoms with E-state index in [4.69, 9.17) is 4.74 Å². The first kappa shape index (κ1) is 16.9. The van der Waals surface area contributed by atoms with E-state index in [2.05, 4.69) is 11.3 Å². The van der Waals surface area contributed by atoms with Gasteiger partial charge in [-0.2, -0.15) is 0 Å². The fourth-order valence-electron chi connectivity index (χ4n) is 1.52. The lowest BCUT2D eigenvalue weighted by molar-refractivity contribution is -0.163. The van der Waals surface area contributed by atoms with Crippen LogP contribution in [0.5, 0.6) is 0 Å².